The van der Waals surface area contributed by atoms with E-state index in [1.165, 1.54) is 0 Å². The molecular formula is C17H26N2O3. The molecule has 1 saturated heterocycles. The number of β-amino-alcohol motifs (C(OH)–C–C–N with tert-alkyl or cyclic N) is 1. The van der Waals surface area contributed by atoms with Gasteiger partial charge in [0, 0.05) is 32.7 Å². The van der Waals surface area contributed by atoms with Crippen molar-refractivity contribution in [2.75, 3.05) is 32.7 Å². The first-order valence-corrected chi connectivity index (χ1v) is 7.84. The van der Waals surface area contributed by atoms with Crippen LogP contribution in [0.2, 0.25) is 0 Å². The fraction of sp³-hybridized carbons (Fsp3) is 0.588. The normalized spacial score (nSPS) is 17.1. The number of amides is 1. The van der Waals surface area contributed by atoms with Crippen LogP contribution in [0.5, 0.6) is 0 Å². The van der Waals surface area contributed by atoms with E-state index in [0.29, 0.717) is 26.2 Å². The number of carbonyl (C=O) groups is 1. The van der Waals surface area contributed by atoms with Crippen LogP contribution in [0.1, 0.15) is 25.8 Å². The van der Waals surface area contributed by atoms with Gasteiger partial charge in [0.05, 0.1) is 5.60 Å². The van der Waals surface area contributed by atoms with Crippen LogP contribution in [-0.2, 0) is 11.3 Å². The van der Waals surface area contributed by atoms with E-state index in [4.69, 9.17) is 4.74 Å². The third kappa shape index (κ3) is 5.66. The van der Waals surface area contributed by atoms with Crippen molar-refractivity contribution in [1.82, 2.24) is 9.80 Å². The van der Waals surface area contributed by atoms with Crippen LogP contribution in [0, 0.1) is 0 Å². The Morgan fingerprint density at radius 1 is 1.18 bits per heavy atom. The molecule has 0 aliphatic carbocycles. The first-order valence-electron chi connectivity index (χ1n) is 7.84. The van der Waals surface area contributed by atoms with E-state index in [1.807, 2.05) is 44.2 Å². The zero-order valence-electron chi connectivity index (χ0n) is 13.5. The Morgan fingerprint density at radius 2 is 1.91 bits per heavy atom. The molecule has 2 rings (SSSR count). The molecule has 0 unspecified atom stereocenters. The summed E-state index contributed by atoms with van der Waals surface area (Å²) in [7, 11) is 0. The molecule has 1 N–H and O–H groups in total. The molecule has 0 saturated carbocycles. The first kappa shape index (κ1) is 16.8. The summed E-state index contributed by atoms with van der Waals surface area (Å²) in [6.07, 6.45) is 0.644. The molecule has 1 amide bonds. The van der Waals surface area contributed by atoms with Crippen molar-refractivity contribution in [2.45, 2.75) is 32.5 Å². The Balaban J connectivity index is 1.79. The molecule has 0 spiro atoms. The molecular weight excluding hydrogens is 280 g/mol. The molecule has 1 heterocycles. The molecule has 0 bridgehead atoms. The van der Waals surface area contributed by atoms with Crippen molar-refractivity contribution in [3.05, 3.63) is 35.9 Å². The largest absolute Gasteiger partial charge is 0.445 e. The summed E-state index contributed by atoms with van der Waals surface area (Å²) in [5.74, 6) is 0. The molecule has 5 heteroatoms. The third-order valence-corrected chi connectivity index (χ3v) is 3.66. The molecule has 1 aromatic carbocycles. The Bertz CT molecular complexity index is 471. The second-order valence-corrected chi connectivity index (χ2v) is 6.47. The van der Waals surface area contributed by atoms with Gasteiger partial charge in [0.15, 0.2) is 0 Å². The SMILES string of the molecule is CC(C)(O)CN1CCCN(C(=O)OCc2ccccc2)CC1. The second kappa shape index (κ2) is 7.61. The van der Waals surface area contributed by atoms with Crippen LogP contribution in [0.25, 0.3) is 0 Å². The Kier molecular flexibility index (Phi) is 5.80. The number of aliphatic hydroxyl groups is 1. The van der Waals surface area contributed by atoms with Crippen molar-refractivity contribution < 1.29 is 14.6 Å². The fourth-order valence-corrected chi connectivity index (χ4v) is 2.67. The van der Waals surface area contributed by atoms with Gasteiger partial charge in [-0.2, -0.15) is 0 Å². The minimum atomic E-state index is -0.705. The quantitative estimate of drug-likeness (QED) is 0.925. The summed E-state index contributed by atoms with van der Waals surface area (Å²) >= 11 is 0. The van der Waals surface area contributed by atoms with Gasteiger partial charge in [-0.05, 0) is 25.8 Å². The number of nitrogens with zero attached hydrogens (tertiary/aromatic N) is 2. The molecule has 0 atom stereocenters. The smallest absolute Gasteiger partial charge is 0.410 e. The van der Waals surface area contributed by atoms with Gasteiger partial charge in [0.25, 0.3) is 0 Å². The van der Waals surface area contributed by atoms with Crippen LogP contribution < -0.4 is 0 Å². The molecule has 0 radical (unpaired) electrons. The first-order chi connectivity index (χ1) is 10.4. The van der Waals surface area contributed by atoms with Gasteiger partial charge in [-0.3, -0.25) is 4.90 Å². The number of carbonyl (C=O) groups excluding carboxylic acids is 1. The van der Waals surface area contributed by atoms with Gasteiger partial charge in [0.2, 0.25) is 0 Å². The molecule has 5 nitrogen and oxygen atoms in total. The fourth-order valence-electron chi connectivity index (χ4n) is 2.67. The van der Waals surface area contributed by atoms with Crippen LogP contribution in [0.4, 0.5) is 4.79 Å². The third-order valence-electron chi connectivity index (χ3n) is 3.66. The lowest BCUT2D eigenvalue weighted by Gasteiger charge is -2.27. The minimum absolute atomic E-state index is 0.256. The van der Waals surface area contributed by atoms with Crippen molar-refractivity contribution in [2.24, 2.45) is 0 Å². The number of rotatable bonds is 4. The van der Waals surface area contributed by atoms with Crippen molar-refractivity contribution in [1.29, 1.82) is 0 Å². The van der Waals surface area contributed by atoms with Gasteiger partial charge < -0.3 is 14.7 Å². The van der Waals surface area contributed by atoms with E-state index in [2.05, 4.69) is 4.90 Å². The summed E-state index contributed by atoms with van der Waals surface area (Å²) < 4.78 is 5.38. The van der Waals surface area contributed by atoms with Gasteiger partial charge in [-0.1, -0.05) is 30.3 Å². The zero-order valence-corrected chi connectivity index (χ0v) is 13.5. The van der Waals surface area contributed by atoms with Gasteiger partial charge in [0.1, 0.15) is 6.61 Å². The monoisotopic (exact) mass is 306 g/mol. The molecule has 122 valence electrons. The molecule has 22 heavy (non-hydrogen) atoms. The predicted molar refractivity (Wildman–Crippen MR) is 85.6 cm³/mol. The highest BCUT2D eigenvalue weighted by molar-refractivity contribution is 5.67. The maximum absolute atomic E-state index is 12.2. The van der Waals surface area contributed by atoms with E-state index >= 15 is 0 Å². The van der Waals surface area contributed by atoms with Crippen LogP contribution in [0.3, 0.4) is 0 Å². The van der Waals surface area contributed by atoms with Crippen molar-refractivity contribution in [3.8, 4) is 0 Å². The number of hydrogen-bond acceptors (Lipinski definition) is 4. The average Bonchev–Trinajstić information content (AvgIpc) is 2.70. The lowest BCUT2D eigenvalue weighted by Crippen LogP contribution is -2.41. The van der Waals surface area contributed by atoms with Crippen LogP contribution >= 0.6 is 0 Å². The standard InChI is InChI=1S/C17H26N2O3/c1-17(2,21)14-18-9-6-10-19(12-11-18)16(20)22-13-15-7-4-3-5-8-15/h3-5,7-8,21H,6,9-14H2,1-2H3. The van der Waals surface area contributed by atoms with E-state index in [-0.39, 0.29) is 6.09 Å². The number of hydrogen-bond donors (Lipinski definition) is 1. The van der Waals surface area contributed by atoms with Crippen molar-refractivity contribution in [3.63, 3.8) is 0 Å². The average molecular weight is 306 g/mol. The topological polar surface area (TPSA) is 53.0 Å². The van der Waals surface area contributed by atoms with Gasteiger partial charge in [-0.25, -0.2) is 4.79 Å². The molecule has 1 aromatic rings. The summed E-state index contributed by atoms with van der Waals surface area (Å²) in [5, 5.41) is 9.90. The highest BCUT2D eigenvalue weighted by Crippen LogP contribution is 2.11. The molecule has 0 aromatic heterocycles. The highest BCUT2D eigenvalue weighted by atomic mass is 16.6. The zero-order chi connectivity index (χ0) is 16.0. The second-order valence-electron chi connectivity index (χ2n) is 6.47. The summed E-state index contributed by atoms with van der Waals surface area (Å²) in [6.45, 7) is 7.56. The molecule has 1 fully saturated rings. The molecule has 1 aliphatic rings. The number of benzene rings is 1. The Labute approximate surface area is 132 Å². The van der Waals surface area contributed by atoms with E-state index in [1.54, 1.807) is 4.90 Å². The minimum Gasteiger partial charge on any atom is -0.445 e. The van der Waals surface area contributed by atoms with Crippen LogP contribution in [-0.4, -0.2) is 59.3 Å². The summed E-state index contributed by atoms with van der Waals surface area (Å²) in [6, 6.07) is 9.70. The lowest BCUT2D eigenvalue weighted by molar-refractivity contribution is 0.0372. The maximum atomic E-state index is 12.2. The van der Waals surface area contributed by atoms with E-state index < -0.39 is 5.60 Å². The predicted octanol–water partition coefficient (Wildman–Crippen LogP) is 2.10. The Hall–Kier alpha value is -1.59. The van der Waals surface area contributed by atoms with Crippen molar-refractivity contribution >= 4 is 6.09 Å². The Morgan fingerprint density at radius 3 is 2.59 bits per heavy atom. The van der Waals surface area contributed by atoms with E-state index in [9.17, 15) is 9.90 Å². The van der Waals surface area contributed by atoms with Gasteiger partial charge in [-0.15, -0.1) is 0 Å². The maximum Gasteiger partial charge on any atom is 0.410 e. The number of ether oxygens (including phenoxy) is 1. The highest BCUT2D eigenvalue weighted by Gasteiger charge is 2.23. The van der Waals surface area contributed by atoms with E-state index in [0.717, 1.165) is 25.1 Å². The summed E-state index contributed by atoms with van der Waals surface area (Å²) in [4.78, 5) is 16.1. The summed E-state index contributed by atoms with van der Waals surface area (Å²) in [5.41, 5.74) is 0.289. The van der Waals surface area contributed by atoms with Crippen LogP contribution in [0.15, 0.2) is 30.3 Å². The lowest BCUT2D eigenvalue weighted by atomic mass is 10.1. The molecule has 1 aliphatic heterocycles. The van der Waals surface area contributed by atoms with Gasteiger partial charge >= 0.3 is 6.09 Å².